The summed E-state index contributed by atoms with van der Waals surface area (Å²) in [5.41, 5.74) is 0.680. The maximum absolute atomic E-state index is 12.8. The lowest BCUT2D eigenvalue weighted by Crippen LogP contribution is -2.33. The average Bonchev–Trinajstić information content (AvgIpc) is 2.89. The minimum Gasteiger partial charge on any atom is -0.300 e. The highest BCUT2D eigenvalue weighted by atomic mass is 19.4. The van der Waals surface area contributed by atoms with Crippen LogP contribution in [0.2, 0.25) is 0 Å². The number of halogens is 3. The quantitative estimate of drug-likeness (QED) is 0.672. The van der Waals surface area contributed by atoms with Gasteiger partial charge in [0.05, 0.1) is 17.8 Å². The first-order chi connectivity index (χ1) is 12.8. The Morgan fingerprint density at radius 2 is 1.67 bits per heavy atom. The van der Waals surface area contributed by atoms with Crippen molar-refractivity contribution in [1.29, 1.82) is 0 Å². The van der Waals surface area contributed by atoms with Crippen molar-refractivity contribution in [2.24, 2.45) is 0 Å². The highest BCUT2D eigenvalue weighted by molar-refractivity contribution is 6.26. The molecule has 0 saturated carbocycles. The summed E-state index contributed by atoms with van der Waals surface area (Å²) in [6.07, 6.45) is -4.62. The number of nitrogens with zero attached hydrogens (tertiary/aromatic N) is 1. The van der Waals surface area contributed by atoms with E-state index in [4.69, 9.17) is 0 Å². The zero-order valence-corrected chi connectivity index (χ0v) is 14.1. The first kappa shape index (κ1) is 17.3. The lowest BCUT2D eigenvalue weighted by molar-refractivity contribution is -0.137. The lowest BCUT2D eigenvalue weighted by atomic mass is 10.0. The summed E-state index contributed by atoms with van der Waals surface area (Å²) in [6.45, 7) is -0.178. The Kier molecular flexibility index (Phi) is 3.98. The number of carbonyl (C=O) groups excluding carboxylic acids is 2. The summed E-state index contributed by atoms with van der Waals surface area (Å²) in [4.78, 5) is 26.5. The Morgan fingerprint density at radius 1 is 0.963 bits per heavy atom. The second-order valence-corrected chi connectivity index (χ2v) is 6.49. The molecule has 27 heavy (non-hydrogen) atoms. The monoisotopic (exact) mass is 369 g/mol. The molecule has 0 spiro atoms. The van der Waals surface area contributed by atoms with Crippen LogP contribution >= 0.6 is 0 Å². The smallest absolute Gasteiger partial charge is 0.300 e. The van der Waals surface area contributed by atoms with Gasteiger partial charge in [-0.25, -0.2) is 0 Å². The number of rotatable bonds is 4. The molecule has 0 N–H and O–H groups in total. The van der Waals surface area contributed by atoms with E-state index in [2.05, 4.69) is 0 Å². The van der Waals surface area contributed by atoms with E-state index in [-0.39, 0.29) is 30.2 Å². The van der Waals surface area contributed by atoms with E-state index in [0.717, 1.165) is 22.9 Å². The van der Waals surface area contributed by atoms with E-state index >= 15 is 0 Å². The molecule has 0 saturated heterocycles. The molecule has 4 rings (SSSR count). The fourth-order valence-electron chi connectivity index (χ4n) is 3.45. The van der Waals surface area contributed by atoms with Crippen molar-refractivity contribution < 1.29 is 22.8 Å². The molecule has 1 aliphatic heterocycles. The number of carbonyl (C=O) groups is 2. The largest absolute Gasteiger partial charge is 0.416 e. The number of alkyl halides is 3. The summed E-state index contributed by atoms with van der Waals surface area (Å²) in [5, 5.41) is 1.71. The van der Waals surface area contributed by atoms with Gasteiger partial charge in [-0.1, -0.05) is 42.5 Å². The maximum Gasteiger partial charge on any atom is 0.416 e. The number of hydrogen-bond acceptors (Lipinski definition) is 2. The molecule has 3 aromatic rings. The standard InChI is InChI=1S/C21H14F3NO2/c22-21(23,24)15-7-1-4-13(10-15)11-16(26)12-25-18-9-3-6-14-5-2-8-17(19(14)18)20(25)27/h1-10H,11-12H2. The van der Waals surface area contributed by atoms with E-state index < -0.39 is 11.7 Å². The zero-order chi connectivity index (χ0) is 19.2. The molecule has 1 heterocycles. The van der Waals surface area contributed by atoms with Crippen LogP contribution < -0.4 is 4.90 Å². The highest BCUT2D eigenvalue weighted by Crippen LogP contribution is 2.37. The Labute approximate surface area is 153 Å². The molecule has 6 heteroatoms. The van der Waals surface area contributed by atoms with Crippen molar-refractivity contribution in [3.05, 3.63) is 77.4 Å². The van der Waals surface area contributed by atoms with Crippen LogP contribution in [0, 0.1) is 0 Å². The van der Waals surface area contributed by atoms with Crippen LogP contribution in [0.5, 0.6) is 0 Å². The SMILES string of the molecule is O=C(Cc1cccc(C(F)(F)F)c1)CN1C(=O)c2cccc3cccc1c23. The van der Waals surface area contributed by atoms with Crippen molar-refractivity contribution in [2.75, 3.05) is 11.4 Å². The van der Waals surface area contributed by atoms with E-state index in [1.54, 1.807) is 18.2 Å². The van der Waals surface area contributed by atoms with Gasteiger partial charge in [-0.2, -0.15) is 13.2 Å². The van der Waals surface area contributed by atoms with E-state index in [1.807, 2.05) is 18.2 Å². The van der Waals surface area contributed by atoms with Crippen LogP contribution in [-0.2, 0) is 17.4 Å². The Morgan fingerprint density at radius 3 is 2.41 bits per heavy atom. The number of anilines is 1. The van der Waals surface area contributed by atoms with Gasteiger partial charge in [0.25, 0.3) is 5.91 Å². The zero-order valence-electron chi connectivity index (χ0n) is 14.1. The van der Waals surface area contributed by atoms with Crippen LogP contribution in [0.25, 0.3) is 10.8 Å². The molecule has 0 aliphatic carbocycles. The summed E-state index contributed by atoms with van der Waals surface area (Å²) in [5.74, 6) is -0.591. The van der Waals surface area contributed by atoms with Crippen LogP contribution in [0.4, 0.5) is 18.9 Å². The molecule has 0 radical (unpaired) electrons. The second kappa shape index (κ2) is 6.23. The van der Waals surface area contributed by atoms with E-state index in [9.17, 15) is 22.8 Å². The predicted octanol–water partition coefficient (Wildman–Crippen LogP) is 4.63. The van der Waals surface area contributed by atoms with Crippen molar-refractivity contribution in [3.63, 3.8) is 0 Å². The van der Waals surface area contributed by atoms with Gasteiger partial charge >= 0.3 is 6.18 Å². The molecular formula is C21H14F3NO2. The van der Waals surface area contributed by atoms with Gasteiger partial charge in [0, 0.05) is 17.4 Å². The minimum atomic E-state index is -4.46. The number of hydrogen-bond donors (Lipinski definition) is 0. The summed E-state index contributed by atoms with van der Waals surface area (Å²) >= 11 is 0. The summed E-state index contributed by atoms with van der Waals surface area (Å²) in [6, 6.07) is 15.6. The van der Waals surface area contributed by atoms with Crippen molar-refractivity contribution in [3.8, 4) is 0 Å². The van der Waals surface area contributed by atoms with Gasteiger partial charge in [0.1, 0.15) is 0 Å². The topological polar surface area (TPSA) is 37.4 Å². The van der Waals surface area contributed by atoms with Gasteiger partial charge in [0.15, 0.2) is 5.78 Å². The van der Waals surface area contributed by atoms with E-state index in [1.165, 1.54) is 17.0 Å². The van der Waals surface area contributed by atoms with Crippen molar-refractivity contribution >= 4 is 28.2 Å². The molecule has 1 amide bonds. The lowest BCUT2D eigenvalue weighted by Gasteiger charge is -2.17. The van der Waals surface area contributed by atoms with Crippen LogP contribution in [0.3, 0.4) is 0 Å². The van der Waals surface area contributed by atoms with Crippen LogP contribution in [-0.4, -0.2) is 18.2 Å². The minimum absolute atomic E-state index is 0.167. The Balaban J connectivity index is 1.57. The highest BCUT2D eigenvalue weighted by Gasteiger charge is 2.32. The summed E-state index contributed by atoms with van der Waals surface area (Å²) in [7, 11) is 0. The third-order valence-electron chi connectivity index (χ3n) is 4.64. The fraction of sp³-hybridized carbons (Fsp3) is 0.143. The first-order valence-corrected chi connectivity index (χ1v) is 8.36. The number of Topliss-reactive ketones (excluding diaryl/α,β-unsaturated/α-hetero) is 1. The molecule has 0 unspecified atom stereocenters. The van der Waals surface area contributed by atoms with Gasteiger partial charge < -0.3 is 4.90 Å². The van der Waals surface area contributed by atoms with Gasteiger partial charge in [-0.15, -0.1) is 0 Å². The molecule has 3 aromatic carbocycles. The third kappa shape index (κ3) is 3.07. The maximum atomic E-state index is 12.8. The van der Waals surface area contributed by atoms with Gasteiger partial charge in [0.2, 0.25) is 0 Å². The second-order valence-electron chi connectivity index (χ2n) is 6.49. The van der Waals surface area contributed by atoms with Crippen molar-refractivity contribution in [1.82, 2.24) is 0 Å². The van der Waals surface area contributed by atoms with Gasteiger partial charge in [-0.05, 0) is 29.1 Å². The molecular weight excluding hydrogens is 355 g/mol. The molecule has 1 aliphatic rings. The van der Waals surface area contributed by atoms with E-state index in [0.29, 0.717) is 11.3 Å². The van der Waals surface area contributed by atoms with Crippen LogP contribution in [0.1, 0.15) is 21.5 Å². The third-order valence-corrected chi connectivity index (χ3v) is 4.64. The number of benzene rings is 3. The Hall–Kier alpha value is -3.15. The Bertz CT molecular complexity index is 1070. The molecule has 0 aromatic heterocycles. The number of amides is 1. The number of ketones is 1. The molecule has 136 valence electrons. The summed E-state index contributed by atoms with van der Waals surface area (Å²) < 4.78 is 38.5. The molecule has 0 bridgehead atoms. The molecule has 0 atom stereocenters. The normalized spacial score (nSPS) is 13.4. The fourth-order valence-corrected chi connectivity index (χ4v) is 3.45. The molecule has 0 fully saturated rings. The first-order valence-electron chi connectivity index (χ1n) is 8.36. The average molecular weight is 369 g/mol. The predicted molar refractivity (Wildman–Crippen MR) is 95.8 cm³/mol. The van der Waals surface area contributed by atoms with Crippen molar-refractivity contribution in [2.45, 2.75) is 12.6 Å². The van der Waals surface area contributed by atoms with Gasteiger partial charge in [-0.3, -0.25) is 9.59 Å². The van der Waals surface area contributed by atoms with Crippen LogP contribution in [0.15, 0.2) is 60.7 Å². The molecule has 3 nitrogen and oxygen atoms in total.